The van der Waals surface area contributed by atoms with Crippen molar-refractivity contribution in [1.29, 1.82) is 0 Å². The summed E-state index contributed by atoms with van der Waals surface area (Å²) in [7, 11) is 4.46. The molecule has 2 aromatic carbocycles. The average molecular weight is 505 g/mol. The van der Waals surface area contributed by atoms with Gasteiger partial charge in [0.1, 0.15) is 31.2 Å². The van der Waals surface area contributed by atoms with Gasteiger partial charge in [0.05, 0.1) is 33.9 Å². The summed E-state index contributed by atoms with van der Waals surface area (Å²) >= 11 is 5.70. The molecule has 0 aliphatic carbocycles. The van der Waals surface area contributed by atoms with E-state index in [4.69, 9.17) is 25.8 Å². The molecule has 0 unspecified atom stereocenters. The molecular formula is C30H47ClNO3+. The third-order valence-corrected chi connectivity index (χ3v) is 6.29. The standard InChI is InChI=1S/C30H47ClNO3/c1-29(2,3)24-30(4,5)26-11-15-28(16-12-26)35-22-21-33-20-18-32(6,7)23-25-9-13-27(14-10-25)34-19-8-17-31/h9-16H,8,17-24H2,1-7H3/q+1. The van der Waals surface area contributed by atoms with Gasteiger partial charge in [-0.3, -0.25) is 0 Å². The van der Waals surface area contributed by atoms with Crippen LogP contribution in [0.3, 0.4) is 0 Å². The maximum Gasteiger partial charge on any atom is 0.119 e. The van der Waals surface area contributed by atoms with Crippen LogP contribution in [0, 0.1) is 5.41 Å². The van der Waals surface area contributed by atoms with Crippen LogP contribution in [0.25, 0.3) is 0 Å². The summed E-state index contributed by atoms with van der Waals surface area (Å²) in [4.78, 5) is 0. The molecule has 4 nitrogen and oxygen atoms in total. The number of likely N-dealkylation sites (N-methyl/N-ethyl adjacent to an activating group) is 1. The van der Waals surface area contributed by atoms with Gasteiger partial charge in [0.2, 0.25) is 0 Å². The van der Waals surface area contributed by atoms with Crippen LogP contribution in [0.2, 0.25) is 0 Å². The Morgan fingerprint density at radius 3 is 1.89 bits per heavy atom. The monoisotopic (exact) mass is 504 g/mol. The van der Waals surface area contributed by atoms with Crippen molar-refractivity contribution in [3.63, 3.8) is 0 Å². The lowest BCUT2D eigenvalue weighted by Crippen LogP contribution is -2.41. The summed E-state index contributed by atoms with van der Waals surface area (Å²) in [5, 5.41) is 0. The zero-order chi connectivity index (χ0) is 26.0. The summed E-state index contributed by atoms with van der Waals surface area (Å²) in [6.45, 7) is 15.9. The zero-order valence-corrected chi connectivity index (χ0v) is 23.8. The molecule has 0 radical (unpaired) electrons. The molecule has 0 aliphatic rings. The van der Waals surface area contributed by atoms with Gasteiger partial charge in [0.15, 0.2) is 0 Å². The van der Waals surface area contributed by atoms with E-state index < -0.39 is 0 Å². The van der Waals surface area contributed by atoms with Crippen molar-refractivity contribution in [2.24, 2.45) is 5.41 Å². The number of alkyl halides is 1. The Kier molecular flexibility index (Phi) is 11.4. The first kappa shape index (κ1) is 29.5. The number of hydrogen-bond acceptors (Lipinski definition) is 3. The normalized spacial score (nSPS) is 12.6. The van der Waals surface area contributed by atoms with Crippen LogP contribution in [-0.4, -0.2) is 57.4 Å². The third-order valence-electron chi connectivity index (χ3n) is 6.03. The molecule has 0 spiro atoms. The van der Waals surface area contributed by atoms with Crippen molar-refractivity contribution < 1.29 is 18.7 Å². The van der Waals surface area contributed by atoms with E-state index in [-0.39, 0.29) is 5.41 Å². The summed E-state index contributed by atoms with van der Waals surface area (Å²) < 4.78 is 18.3. The van der Waals surface area contributed by atoms with Gasteiger partial charge in [-0.1, -0.05) is 46.8 Å². The molecule has 0 bridgehead atoms. The van der Waals surface area contributed by atoms with Crippen molar-refractivity contribution in [3.8, 4) is 11.5 Å². The predicted molar refractivity (Wildman–Crippen MR) is 148 cm³/mol. The first-order chi connectivity index (χ1) is 16.4. The summed E-state index contributed by atoms with van der Waals surface area (Å²) in [5.41, 5.74) is 3.08. The van der Waals surface area contributed by atoms with Crippen molar-refractivity contribution in [2.75, 3.05) is 52.9 Å². The minimum atomic E-state index is 0.144. The zero-order valence-electron chi connectivity index (χ0n) is 23.0. The number of quaternary nitrogens is 1. The number of rotatable bonds is 15. The molecule has 5 heteroatoms. The molecule has 0 N–H and O–H groups in total. The number of halogens is 1. The number of benzene rings is 2. The first-order valence-electron chi connectivity index (χ1n) is 12.8. The average Bonchev–Trinajstić information content (AvgIpc) is 2.76. The van der Waals surface area contributed by atoms with Gasteiger partial charge < -0.3 is 18.7 Å². The minimum Gasteiger partial charge on any atom is -0.494 e. The highest BCUT2D eigenvalue weighted by Crippen LogP contribution is 2.36. The summed E-state index contributed by atoms with van der Waals surface area (Å²) in [6, 6.07) is 16.9. The first-order valence-corrected chi connectivity index (χ1v) is 13.3. The minimum absolute atomic E-state index is 0.144. The lowest BCUT2D eigenvalue weighted by atomic mass is 9.72. The van der Waals surface area contributed by atoms with E-state index in [1.165, 1.54) is 11.1 Å². The molecule has 0 saturated carbocycles. The van der Waals surface area contributed by atoms with Crippen LogP contribution in [-0.2, 0) is 16.7 Å². The SMILES string of the molecule is CC(C)(C)CC(C)(C)c1ccc(OCCOCC[N+](C)(C)Cc2ccc(OCCCCl)cc2)cc1. The predicted octanol–water partition coefficient (Wildman–Crippen LogP) is 7.08. The molecule has 0 aliphatic heterocycles. The van der Waals surface area contributed by atoms with Crippen LogP contribution in [0.15, 0.2) is 48.5 Å². The van der Waals surface area contributed by atoms with Crippen LogP contribution >= 0.6 is 11.6 Å². The van der Waals surface area contributed by atoms with Gasteiger partial charge in [-0.05, 0) is 65.6 Å². The second-order valence-corrected chi connectivity index (χ2v) is 12.3. The molecule has 0 fully saturated rings. The molecule has 0 amide bonds. The maximum atomic E-state index is 5.90. The number of nitrogens with zero attached hydrogens (tertiary/aromatic N) is 1. The highest BCUT2D eigenvalue weighted by atomic mass is 35.5. The Labute approximate surface area is 219 Å². The Balaban J connectivity index is 1.67. The van der Waals surface area contributed by atoms with E-state index in [1.807, 2.05) is 12.1 Å². The van der Waals surface area contributed by atoms with Crippen molar-refractivity contribution in [1.82, 2.24) is 0 Å². The van der Waals surface area contributed by atoms with Crippen LogP contribution in [0.4, 0.5) is 0 Å². The second-order valence-electron chi connectivity index (χ2n) is 12.0. The van der Waals surface area contributed by atoms with Crippen LogP contribution in [0.5, 0.6) is 11.5 Å². The Bertz CT molecular complexity index is 855. The Morgan fingerprint density at radius 2 is 1.31 bits per heavy atom. The summed E-state index contributed by atoms with van der Waals surface area (Å²) in [5.74, 6) is 2.42. The fourth-order valence-electron chi connectivity index (χ4n) is 4.57. The molecule has 0 heterocycles. The Morgan fingerprint density at radius 1 is 0.743 bits per heavy atom. The molecular weight excluding hydrogens is 458 g/mol. The van der Waals surface area contributed by atoms with Gasteiger partial charge in [0, 0.05) is 11.4 Å². The summed E-state index contributed by atoms with van der Waals surface area (Å²) in [6.07, 6.45) is 2.00. The van der Waals surface area contributed by atoms with Crippen molar-refractivity contribution >= 4 is 11.6 Å². The van der Waals surface area contributed by atoms with Gasteiger partial charge >= 0.3 is 0 Å². The fraction of sp³-hybridized carbons (Fsp3) is 0.600. The molecule has 0 atom stereocenters. The van der Waals surface area contributed by atoms with Gasteiger partial charge in [0.25, 0.3) is 0 Å². The van der Waals surface area contributed by atoms with E-state index in [0.29, 0.717) is 37.7 Å². The fourth-order valence-corrected chi connectivity index (χ4v) is 4.68. The topological polar surface area (TPSA) is 27.7 Å². The van der Waals surface area contributed by atoms with E-state index in [9.17, 15) is 0 Å². The molecule has 196 valence electrons. The van der Waals surface area contributed by atoms with E-state index >= 15 is 0 Å². The largest absolute Gasteiger partial charge is 0.494 e. The molecule has 2 rings (SSSR count). The van der Waals surface area contributed by atoms with Gasteiger partial charge in [-0.25, -0.2) is 0 Å². The molecule has 2 aromatic rings. The highest BCUT2D eigenvalue weighted by Gasteiger charge is 2.27. The molecule has 35 heavy (non-hydrogen) atoms. The van der Waals surface area contributed by atoms with Crippen molar-refractivity contribution in [2.45, 2.75) is 59.4 Å². The number of ether oxygens (including phenoxy) is 3. The van der Waals surface area contributed by atoms with Crippen LogP contribution < -0.4 is 9.47 Å². The smallest absolute Gasteiger partial charge is 0.119 e. The van der Waals surface area contributed by atoms with Crippen LogP contribution in [0.1, 0.15) is 58.6 Å². The molecule has 0 aromatic heterocycles. The van der Waals surface area contributed by atoms with E-state index in [1.54, 1.807) is 0 Å². The number of hydrogen-bond donors (Lipinski definition) is 0. The second kappa shape index (κ2) is 13.5. The quantitative estimate of drug-likeness (QED) is 0.147. The van der Waals surface area contributed by atoms with Gasteiger partial charge in [-0.15, -0.1) is 11.6 Å². The maximum absolute atomic E-state index is 5.90. The lowest BCUT2D eigenvalue weighted by molar-refractivity contribution is -0.904. The lowest BCUT2D eigenvalue weighted by Gasteiger charge is -2.33. The van der Waals surface area contributed by atoms with Gasteiger partial charge in [-0.2, -0.15) is 0 Å². The highest BCUT2D eigenvalue weighted by molar-refractivity contribution is 6.17. The van der Waals surface area contributed by atoms with Crippen molar-refractivity contribution in [3.05, 3.63) is 59.7 Å². The Hall–Kier alpha value is -1.75. The third kappa shape index (κ3) is 11.7. The molecule has 0 saturated heterocycles. The van der Waals surface area contributed by atoms with E-state index in [0.717, 1.165) is 41.9 Å². The van der Waals surface area contributed by atoms with E-state index in [2.05, 4.69) is 85.1 Å².